The van der Waals surface area contributed by atoms with Gasteiger partial charge in [0.2, 0.25) is 0 Å². The van der Waals surface area contributed by atoms with E-state index in [4.69, 9.17) is 28.9 Å². The van der Waals surface area contributed by atoms with Gasteiger partial charge in [0, 0.05) is 29.5 Å². The van der Waals surface area contributed by atoms with E-state index >= 15 is 0 Å². The van der Waals surface area contributed by atoms with E-state index in [0.717, 1.165) is 11.4 Å². The third kappa shape index (κ3) is 4.36. The van der Waals surface area contributed by atoms with Gasteiger partial charge in [-0.25, -0.2) is 0 Å². The second kappa shape index (κ2) is 10.2. The Labute approximate surface area is 211 Å². The number of nitrogens with zero attached hydrogens (tertiary/aromatic N) is 6. The van der Waals surface area contributed by atoms with Crippen molar-refractivity contribution in [1.29, 1.82) is 0 Å². The molecule has 0 fully saturated rings. The third-order valence-corrected chi connectivity index (χ3v) is 5.26. The molecule has 10 nitrogen and oxygen atoms in total. The summed E-state index contributed by atoms with van der Waals surface area (Å²) < 4.78 is 24.5. The summed E-state index contributed by atoms with van der Waals surface area (Å²) in [5, 5.41) is 0. The predicted molar refractivity (Wildman–Crippen MR) is 119 cm³/mol. The molecule has 4 rings (SSSR count). The Morgan fingerprint density at radius 2 is 1.09 bits per heavy atom. The van der Waals surface area contributed by atoms with Crippen molar-refractivity contribution in [3.63, 3.8) is 0 Å². The molecule has 4 aromatic heterocycles. The molecule has 0 atom stereocenters. The Bertz CT molecular complexity index is 1170. The maximum atomic E-state index is 5.43. The summed E-state index contributed by atoms with van der Waals surface area (Å²) in [7, 11) is 6.14. The van der Waals surface area contributed by atoms with Crippen LogP contribution in [-0.2, 0) is 25.8 Å². The van der Waals surface area contributed by atoms with Gasteiger partial charge in [-0.1, -0.05) is 24.3 Å². The summed E-state index contributed by atoms with van der Waals surface area (Å²) in [6, 6.07) is 11.4. The molecule has 0 aliphatic rings. The fourth-order valence-electron chi connectivity index (χ4n) is 3.43. The minimum absolute atomic E-state index is 0. The Hall–Kier alpha value is -3.42. The van der Waals surface area contributed by atoms with Crippen LogP contribution in [0.2, 0.25) is 0 Å². The molecule has 0 bridgehead atoms. The normalized spacial score (nSPS) is 11.0. The topological polar surface area (TPSA) is 98.3 Å². The third-order valence-electron chi connectivity index (χ3n) is 5.26. The van der Waals surface area contributed by atoms with Crippen LogP contribution in [0.25, 0.3) is 11.6 Å². The molecule has 4 heterocycles. The van der Waals surface area contributed by atoms with Gasteiger partial charge in [0.05, 0.1) is 40.1 Å². The van der Waals surface area contributed by atoms with E-state index in [0.29, 0.717) is 35.2 Å². The standard InChI is InChI=1S/C23H24N6O4.Pd/c1-23(2,15-9-7-11-17(26-15)28-13-24-19(30-3)21(28)32-5)16-10-8-12-18(27-16)29-14-25-20(31-4)22(29)33-6;/h7-12H,1-6H3;/q-2;+2. The number of hydrogen-bond donors (Lipinski definition) is 0. The largest absolute Gasteiger partial charge is 2.00 e. The van der Waals surface area contributed by atoms with E-state index in [9.17, 15) is 0 Å². The molecular formula is C23H24N6O4Pd. The fourth-order valence-corrected chi connectivity index (χ4v) is 3.43. The number of ether oxygens (including phenoxy) is 4. The summed E-state index contributed by atoms with van der Waals surface area (Å²) in [4.78, 5) is 17.9. The molecule has 0 saturated heterocycles. The van der Waals surface area contributed by atoms with E-state index in [1.165, 1.54) is 14.2 Å². The number of methoxy groups -OCH3 is 4. The van der Waals surface area contributed by atoms with Crippen LogP contribution in [-0.4, -0.2) is 57.5 Å². The SMILES string of the molecule is COc1n[c-]n(-c2cccc(C(C)(C)c3cccc(-n4[c-]nc(OC)c4OC)n3)n2)c1OC.[Pd+2]. The van der Waals surface area contributed by atoms with Crippen LogP contribution in [0.4, 0.5) is 0 Å². The van der Waals surface area contributed by atoms with Crippen LogP contribution >= 0.6 is 0 Å². The van der Waals surface area contributed by atoms with Crippen molar-refractivity contribution in [3.8, 4) is 35.2 Å². The zero-order valence-electron chi connectivity index (χ0n) is 19.6. The first-order chi connectivity index (χ1) is 15.9. The van der Waals surface area contributed by atoms with Gasteiger partial charge >= 0.3 is 20.4 Å². The van der Waals surface area contributed by atoms with Crippen molar-refractivity contribution in [3.05, 3.63) is 60.4 Å². The monoisotopic (exact) mass is 554 g/mol. The van der Waals surface area contributed by atoms with Crippen molar-refractivity contribution >= 4 is 0 Å². The number of rotatable bonds is 8. The molecule has 11 heteroatoms. The van der Waals surface area contributed by atoms with Gasteiger partial charge in [0.15, 0.2) is 11.8 Å². The van der Waals surface area contributed by atoms with Crippen molar-refractivity contribution in [2.45, 2.75) is 19.3 Å². The molecule has 0 radical (unpaired) electrons. The predicted octanol–water partition coefficient (Wildman–Crippen LogP) is 2.81. The second-order valence-corrected chi connectivity index (χ2v) is 7.52. The first-order valence-electron chi connectivity index (χ1n) is 10.1. The van der Waals surface area contributed by atoms with Gasteiger partial charge in [-0.2, -0.15) is 0 Å². The Kier molecular flexibility index (Phi) is 7.59. The zero-order chi connectivity index (χ0) is 23.6. The van der Waals surface area contributed by atoms with Crippen molar-refractivity contribution < 1.29 is 39.4 Å². The fraction of sp³-hybridized carbons (Fsp3) is 0.304. The molecule has 0 amide bonds. The smallest absolute Gasteiger partial charge is 0.528 e. The molecule has 0 aromatic carbocycles. The van der Waals surface area contributed by atoms with E-state index < -0.39 is 5.41 Å². The first kappa shape index (κ1) is 25.2. The summed E-state index contributed by atoms with van der Waals surface area (Å²) in [5.41, 5.74) is 1.06. The molecule has 0 spiro atoms. The van der Waals surface area contributed by atoms with Crippen molar-refractivity contribution in [2.75, 3.05) is 28.4 Å². The van der Waals surface area contributed by atoms with Crippen LogP contribution in [0.3, 0.4) is 0 Å². The van der Waals surface area contributed by atoms with E-state index in [1.807, 2.05) is 36.4 Å². The molecule has 0 aliphatic heterocycles. The summed E-state index contributed by atoms with van der Waals surface area (Å²) in [5.74, 6) is 2.68. The number of aromatic nitrogens is 6. The van der Waals surface area contributed by atoms with Crippen LogP contribution in [0.5, 0.6) is 23.5 Å². The molecule has 0 saturated carbocycles. The van der Waals surface area contributed by atoms with E-state index in [-0.39, 0.29) is 20.4 Å². The van der Waals surface area contributed by atoms with Gasteiger partial charge in [-0.15, -0.1) is 0 Å². The Morgan fingerprint density at radius 1 is 0.676 bits per heavy atom. The number of imidazole rings is 2. The molecule has 0 unspecified atom stereocenters. The van der Waals surface area contributed by atoms with Crippen LogP contribution in [0.15, 0.2) is 36.4 Å². The molecule has 180 valence electrons. The van der Waals surface area contributed by atoms with Crippen LogP contribution < -0.4 is 18.9 Å². The quantitative estimate of drug-likeness (QED) is 0.242. The molecule has 0 aliphatic carbocycles. The zero-order valence-corrected chi connectivity index (χ0v) is 21.2. The van der Waals surface area contributed by atoms with Gasteiger partial charge in [-0.05, 0) is 26.0 Å². The van der Waals surface area contributed by atoms with Gasteiger partial charge in [0.25, 0.3) is 0 Å². The Morgan fingerprint density at radius 3 is 1.44 bits per heavy atom. The molecule has 0 N–H and O–H groups in total. The average molecular weight is 555 g/mol. The Balaban J connectivity index is 0.00000324. The summed E-state index contributed by atoms with van der Waals surface area (Å²) in [6.07, 6.45) is 5.72. The maximum absolute atomic E-state index is 5.43. The molecule has 34 heavy (non-hydrogen) atoms. The summed E-state index contributed by atoms with van der Waals surface area (Å²) in [6.45, 7) is 4.10. The van der Waals surface area contributed by atoms with E-state index in [2.05, 4.69) is 36.5 Å². The molecule has 4 aromatic rings. The minimum atomic E-state index is -0.540. The maximum Gasteiger partial charge on any atom is 2.00 e. The average Bonchev–Trinajstić information content (AvgIpc) is 3.47. The van der Waals surface area contributed by atoms with Crippen molar-refractivity contribution in [1.82, 2.24) is 29.1 Å². The number of pyridine rings is 2. The number of hydrogen-bond acceptors (Lipinski definition) is 8. The van der Waals surface area contributed by atoms with E-state index in [1.54, 1.807) is 23.4 Å². The van der Waals surface area contributed by atoms with Gasteiger partial charge in [0.1, 0.15) is 11.8 Å². The minimum Gasteiger partial charge on any atom is -0.528 e. The van der Waals surface area contributed by atoms with Crippen molar-refractivity contribution in [2.24, 2.45) is 0 Å². The second-order valence-electron chi connectivity index (χ2n) is 7.52. The first-order valence-corrected chi connectivity index (χ1v) is 10.1. The van der Waals surface area contributed by atoms with Gasteiger partial charge in [-0.3, -0.25) is 9.97 Å². The molecular weight excluding hydrogens is 531 g/mol. The summed E-state index contributed by atoms with van der Waals surface area (Å²) >= 11 is 0. The van der Waals surface area contributed by atoms with Gasteiger partial charge < -0.3 is 38.0 Å². The van der Waals surface area contributed by atoms with Crippen LogP contribution in [0, 0.1) is 12.7 Å². The van der Waals surface area contributed by atoms with Crippen LogP contribution in [0.1, 0.15) is 25.2 Å².